The number of aliphatic imine (C=N–C) groups is 1. The predicted octanol–water partition coefficient (Wildman–Crippen LogP) is -0.966. The predicted molar refractivity (Wildman–Crippen MR) is 105 cm³/mol. The van der Waals surface area contributed by atoms with Gasteiger partial charge >= 0.3 is 0 Å². The Balaban J connectivity index is 1.39. The lowest BCUT2D eigenvalue weighted by Gasteiger charge is -2.47. The molecule has 0 aromatic carbocycles. The third-order valence-corrected chi connectivity index (χ3v) is 5.70. The molecule has 1 N–H and O–H groups in total. The van der Waals surface area contributed by atoms with Gasteiger partial charge in [-0.2, -0.15) is 5.10 Å². The van der Waals surface area contributed by atoms with E-state index in [-0.39, 0.29) is 5.91 Å². The topological polar surface area (TPSA) is 72.2 Å². The molecule has 4 saturated heterocycles. The largest absolute Gasteiger partial charge is 0.357 e. The molecule has 4 aliphatic heterocycles. The molecule has 0 spiro atoms. The number of fused-ring (bicyclic) bond motifs is 3. The number of nitrogens with zero attached hydrogens (tertiary/aromatic N) is 7. The van der Waals surface area contributed by atoms with Crippen LogP contribution in [0.5, 0.6) is 0 Å². The Hall–Kier alpha value is -2.13. The Morgan fingerprint density at radius 2 is 2.07 bits per heavy atom. The van der Waals surface area contributed by atoms with Crippen molar-refractivity contribution in [3.05, 3.63) is 12.4 Å². The average molecular weight is 374 g/mol. The number of nitrogens with one attached hydrogen (secondary N) is 1. The first-order chi connectivity index (χ1) is 13.1. The Bertz CT molecular complexity index is 693. The lowest BCUT2D eigenvalue weighted by Crippen LogP contribution is -2.62. The van der Waals surface area contributed by atoms with E-state index in [9.17, 15) is 4.79 Å². The molecule has 5 rings (SSSR count). The number of amides is 1. The molecule has 0 saturated carbocycles. The van der Waals surface area contributed by atoms with Crippen molar-refractivity contribution in [2.45, 2.75) is 13.0 Å². The minimum atomic E-state index is 0.0893. The first-order valence-electron chi connectivity index (χ1n) is 9.92. The lowest BCUT2D eigenvalue weighted by molar-refractivity contribution is -0.120. The van der Waals surface area contributed by atoms with Gasteiger partial charge in [-0.25, -0.2) is 0 Å². The van der Waals surface area contributed by atoms with Crippen LogP contribution < -0.4 is 10.2 Å². The molecule has 1 unspecified atom stereocenters. The van der Waals surface area contributed by atoms with Crippen molar-refractivity contribution in [3.8, 4) is 0 Å². The normalized spacial score (nSPS) is 28.7. The summed E-state index contributed by atoms with van der Waals surface area (Å²) < 4.78 is 1.73. The standard InChI is InChI=1S/C18H30N8O/c1-3-19-18(20-10-15-13-23-4-6-24(15)7-5-23)25-8-9-26(17(27)14-25)16-11-21-22(2)12-16/h11-12,15H,3-10,13-14H2,1-2H3,(H,19,20). The minimum Gasteiger partial charge on any atom is -0.357 e. The molecule has 4 aliphatic rings. The summed E-state index contributed by atoms with van der Waals surface area (Å²) in [5.74, 6) is 0.945. The van der Waals surface area contributed by atoms with E-state index in [1.807, 2.05) is 18.1 Å². The summed E-state index contributed by atoms with van der Waals surface area (Å²) in [6, 6.07) is 0.494. The number of carbonyl (C=O) groups is 1. The Kier molecular flexibility index (Phi) is 5.31. The van der Waals surface area contributed by atoms with Gasteiger partial charge in [-0.3, -0.25) is 24.3 Å². The van der Waals surface area contributed by atoms with Gasteiger partial charge in [0.25, 0.3) is 0 Å². The maximum absolute atomic E-state index is 12.7. The van der Waals surface area contributed by atoms with Crippen molar-refractivity contribution in [3.63, 3.8) is 0 Å². The van der Waals surface area contributed by atoms with Gasteiger partial charge in [0.2, 0.25) is 5.91 Å². The summed E-state index contributed by atoms with van der Waals surface area (Å²) in [6.07, 6.45) is 3.63. The third-order valence-electron chi connectivity index (χ3n) is 5.70. The number of guanidine groups is 1. The lowest BCUT2D eigenvalue weighted by atomic mass is 10.1. The van der Waals surface area contributed by atoms with Crippen LogP contribution in [0.3, 0.4) is 0 Å². The van der Waals surface area contributed by atoms with Gasteiger partial charge < -0.3 is 15.1 Å². The molecule has 5 heterocycles. The minimum absolute atomic E-state index is 0.0893. The molecule has 9 nitrogen and oxygen atoms in total. The summed E-state index contributed by atoms with van der Waals surface area (Å²) in [6.45, 7) is 11.2. The Morgan fingerprint density at radius 3 is 2.67 bits per heavy atom. The number of rotatable bonds is 4. The van der Waals surface area contributed by atoms with Crippen molar-refractivity contribution in [2.24, 2.45) is 12.0 Å². The van der Waals surface area contributed by atoms with Crippen LogP contribution in [-0.2, 0) is 11.8 Å². The molecule has 1 aromatic rings. The van der Waals surface area contributed by atoms with E-state index >= 15 is 0 Å². The van der Waals surface area contributed by atoms with Crippen LogP contribution in [0.25, 0.3) is 0 Å². The molecule has 1 aromatic heterocycles. The molecular formula is C18H30N8O. The van der Waals surface area contributed by atoms with Crippen molar-refractivity contribution in [1.82, 2.24) is 29.8 Å². The Labute approximate surface area is 160 Å². The average Bonchev–Trinajstić information content (AvgIpc) is 3.12. The molecule has 0 radical (unpaired) electrons. The summed E-state index contributed by atoms with van der Waals surface area (Å²) in [4.78, 5) is 26.6. The highest BCUT2D eigenvalue weighted by Crippen LogP contribution is 2.17. The van der Waals surface area contributed by atoms with Crippen LogP contribution in [0.15, 0.2) is 17.4 Å². The SMILES string of the molecule is CCNC(=NCC1CN2CCN1CC2)N1CCN(c2cnn(C)c2)C(=O)C1. The first kappa shape index (κ1) is 18.2. The number of hydrogen-bond acceptors (Lipinski definition) is 5. The highest BCUT2D eigenvalue weighted by molar-refractivity contribution is 5.98. The number of hydrogen-bond donors (Lipinski definition) is 1. The molecule has 148 valence electrons. The zero-order chi connectivity index (χ0) is 18.8. The van der Waals surface area contributed by atoms with Crippen molar-refractivity contribution in [2.75, 3.05) is 70.3 Å². The fourth-order valence-corrected chi connectivity index (χ4v) is 4.19. The van der Waals surface area contributed by atoms with Crippen LogP contribution in [-0.4, -0.2) is 108 Å². The fraction of sp³-hybridized carbons (Fsp3) is 0.722. The quantitative estimate of drug-likeness (QED) is 0.540. The highest BCUT2D eigenvalue weighted by atomic mass is 16.2. The second kappa shape index (κ2) is 7.85. The number of piperazine rings is 4. The molecule has 2 bridgehead atoms. The highest BCUT2D eigenvalue weighted by Gasteiger charge is 2.32. The molecule has 4 fully saturated rings. The van der Waals surface area contributed by atoms with Crippen molar-refractivity contribution in [1.29, 1.82) is 0 Å². The van der Waals surface area contributed by atoms with Crippen molar-refractivity contribution >= 4 is 17.6 Å². The van der Waals surface area contributed by atoms with Gasteiger partial charge in [0.15, 0.2) is 5.96 Å². The monoisotopic (exact) mass is 374 g/mol. The second-order valence-corrected chi connectivity index (χ2v) is 7.52. The smallest absolute Gasteiger partial charge is 0.246 e. The molecular weight excluding hydrogens is 344 g/mol. The van der Waals surface area contributed by atoms with E-state index in [0.29, 0.717) is 19.1 Å². The van der Waals surface area contributed by atoms with Crippen LogP contribution in [0, 0.1) is 0 Å². The molecule has 1 amide bonds. The maximum Gasteiger partial charge on any atom is 0.246 e. The summed E-state index contributed by atoms with van der Waals surface area (Å²) in [5.41, 5.74) is 0.865. The van der Waals surface area contributed by atoms with E-state index in [1.54, 1.807) is 10.9 Å². The zero-order valence-corrected chi connectivity index (χ0v) is 16.3. The zero-order valence-electron chi connectivity index (χ0n) is 16.3. The van der Waals surface area contributed by atoms with Gasteiger partial charge in [-0.05, 0) is 6.92 Å². The number of aromatic nitrogens is 2. The van der Waals surface area contributed by atoms with E-state index in [4.69, 9.17) is 4.99 Å². The van der Waals surface area contributed by atoms with Crippen LogP contribution in [0.4, 0.5) is 5.69 Å². The summed E-state index contributed by atoms with van der Waals surface area (Å²) >= 11 is 0. The van der Waals surface area contributed by atoms with Gasteiger partial charge in [0, 0.05) is 71.6 Å². The number of carbonyl (C=O) groups excluding carboxylic acids is 1. The van der Waals surface area contributed by atoms with Crippen molar-refractivity contribution < 1.29 is 4.79 Å². The van der Waals surface area contributed by atoms with E-state index in [1.165, 1.54) is 13.1 Å². The maximum atomic E-state index is 12.7. The number of anilines is 1. The fourth-order valence-electron chi connectivity index (χ4n) is 4.19. The summed E-state index contributed by atoms with van der Waals surface area (Å²) in [5, 5.41) is 7.55. The van der Waals surface area contributed by atoms with Gasteiger partial charge in [0.1, 0.15) is 6.54 Å². The van der Waals surface area contributed by atoms with Crippen LogP contribution in [0.2, 0.25) is 0 Å². The van der Waals surface area contributed by atoms with E-state index in [2.05, 4.69) is 32.0 Å². The first-order valence-corrected chi connectivity index (χ1v) is 9.92. The molecule has 27 heavy (non-hydrogen) atoms. The third kappa shape index (κ3) is 3.93. The van der Waals surface area contributed by atoms with E-state index < -0.39 is 0 Å². The molecule has 0 aliphatic carbocycles. The van der Waals surface area contributed by atoms with Gasteiger partial charge in [-0.1, -0.05) is 0 Å². The Morgan fingerprint density at radius 1 is 1.26 bits per heavy atom. The number of aryl methyl sites for hydroxylation is 1. The molecule has 9 heteroatoms. The summed E-state index contributed by atoms with van der Waals surface area (Å²) in [7, 11) is 1.87. The van der Waals surface area contributed by atoms with Crippen LogP contribution >= 0.6 is 0 Å². The van der Waals surface area contributed by atoms with Gasteiger partial charge in [-0.15, -0.1) is 0 Å². The van der Waals surface area contributed by atoms with Gasteiger partial charge in [0.05, 0.1) is 18.4 Å². The van der Waals surface area contributed by atoms with Crippen LogP contribution in [0.1, 0.15) is 6.92 Å². The second-order valence-electron chi connectivity index (χ2n) is 7.52. The molecule has 1 atom stereocenters. The van der Waals surface area contributed by atoms with E-state index in [0.717, 1.165) is 50.9 Å².